The van der Waals surface area contributed by atoms with Gasteiger partial charge in [0.15, 0.2) is 0 Å². The molecule has 1 fully saturated rings. The molecule has 1 saturated carbocycles. The lowest BCUT2D eigenvalue weighted by Crippen LogP contribution is -2.54. The second-order valence-corrected chi connectivity index (χ2v) is 5.34. The molecule has 0 unspecified atom stereocenters. The van der Waals surface area contributed by atoms with Gasteiger partial charge in [0.05, 0.1) is 5.41 Å². The molecular weight excluding hydrogens is 214 g/mol. The summed E-state index contributed by atoms with van der Waals surface area (Å²) in [6.45, 7) is 4.22. The largest absolute Gasteiger partial charge is 0.481 e. The molecule has 0 bridgehead atoms. The molecule has 1 aromatic rings. The van der Waals surface area contributed by atoms with Crippen molar-refractivity contribution in [1.29, 1.82) is 0 Å². The van der Waals surface area contributed by atoms with Crippen molar-refractivity contribution in [3.8, 4) is 0 Å². The van der Waals surface area contributed by atoms with Gasteiger partial charge in [-0.05, 0) is 29.9 Å². The molecule has 0 spiro atoms. The van der Waals surface area contributed by atoms with Gasteiger partial charge in [-0.1, -0.05) is 38.1 Å². The lowest BCUT2D eigenvalue weighted by Gasteiger charge is -2.43. The Balaban J connectivity index is 2.38. The highest BCUT2D eigenvalue weighted by atomic mass is 16.4. The zero-order valence-electron chi connectivity index (χ0n) is 10.3. The molecule has 0 saturated heterocycles. The first-order valence-electron chi connectivity index (χ1n) is 6.05. The zero-order valence-corrected chi connectivity index (χ0v) is 10.3. The van der Waals surface area contributed by atoms with Crippen molar-refractivity contribution in [1.82, 2.24) is 0 Å². The molecule has 0 aromatic heterocycles. The standard InChI is InChI=1S/C14H19NO2/c1-9(2)10-4-3-5-11(6-10)14(13(16)17)7-12(15)8-14/h3-6,9,12H,7-8,15H2,1-2H3,(H,16,17). The van der Waals surface area contributed by atoms with Gasteiger partial charge in [-0.2, -0.15) is 0 Å². The summed E-state index contributed by atoms with van der Waals surface area (Å²) >= 11 is 0. The molecule has 0 heterocycles. The lowest BCUT2D eigenvalue weighted by atomic mass is 9.61. The summed E-state index contributed by atoms with van der Waals surface area (Å²) in [4.78, 5) is 11.5. The zero-order chi connectivity index (χ0) is 12.6. The summed E-state index contributed by atoms with van der Waals surface area (Å²) in [5.74, 6) is -0.338. The summed E-state index contributed by atoms with van der Waals surface area (Å²) < 4.78 is 0. The van der Waals surface area contributed by atoms with Gasteiger partial charge in [0.25, 0.3) is 0 Å². The number of rotatable bonds is 3. The van der Waals surface area contributed by atoms with Gasteiger partial charge in [0, 0.05) is 6.04 Å². The second-order valence-electron chi connectivity index (χ2n) is 5.34. The summed E-state index contributed by atoms with van der Waals surface area (Å²) in [6, 6.07) is 7.94. The van der Waals surface area contributed by atoms with Crippen molar-refractivity contribution in [3.05, 3.63) is 35.4 Å². The first-order chi connectivity index (χ1) is 7.95. The molecule has 3 heteroatoms. The van der Waals surface area contributed by atoms with Crippen molar-refractivity contribution >= 4 is 5.97 Å². The van der Waals surface area contributed by atoms with Gasteiger partial charge in [0.1, 0.15) is 0 Å². The van der Waals surface area contributed by atoms with E-state index >= 15 is 0 Å². The maximum Gasteiger partial charge on any atom is 0.314 e. The molecule has 17 heavy (non-hydrogen) atoms. The van der Waals surface area contributed by atoms with Gasteiger partial charge >= 0.3 is 5.97 Å². The van der Waals surface area contributed by atoms with Crippen LogP contribution in [0, 0.1) is 0 Å². The molecule has 1 aromatic carbocycles. The van der Waals surface area contributed by atoms with Gasteiger partial charge in [-0.25, -0.2) is 0 Å². The quantitative estimate of drug-likeness (QED) is 0.841. The Hall–Kier alpha value is -1.35. The molecule has 0 amide bonds. The van der Waals surface area contributed by atoms with E-state index in [4.69, 9.17) is 5.73 Å². The number of aliphatic carboxylic acids is 1. The minimum Gasteiger partial charge on any atom is -0.481 e. The Kier molecular flexibility index (Phi) is 2.96. The average molecular weight is 233 g/mol. The predicted molar refractivity (Wildman–Crippen MR) is 67.1 cm³/mol. The average Bonchev–Trinajstić information content (AvgIpc) is 2.24. The SMILES string of the molecule is CC(C)c1cccc(C2(C(=O)O)CC(N)C2)c1. The molecule has 1 aliphatic rings. The fourth-order valence-corrected chi connectivity index (χ4v) is 2.56. The van der Waals surface area contributed by atoms with Crippen LogP contribution in [0.25, 0.3) is 0 Å². The maximum atomic E-state index is 11.5. The number of carboxylic acids is 1. The van der Waals surface area contributed by atoms with Crippen LogP contribution in [-0.2, 0) is 10.2 Å². The molecule has 92 valence electrons. The normalized spacial score (nSPS) is 27.9. The number of benzene rings is 1. The molecule has 3 N–H and O–H groups in total. The summed E-state index contributed by atoms with van der Waals surface area (Å²) in [6.07, 6.45) is 1.09. The molecular formula is C14H19NO2. The fourth-order valence-electron chi connectivity index (χ4n) is 2.56. The topological polar surface area (TPSA) is 63.3 Å². The van der Waals surface area contributed by atoms with Crippen LogP contribution in [0.1, 0.15) is 43.7 Å². The third-order valence-corrected chi connectivity index (χ3v) is 3.74. The van der Waals surface area contributed by atoms with Gasteiger partial charge in [-0.3, -0.25) is 4.79 Å². The third-order valence-electron chi connectivity index (χ3n) is 3.74. The highest BCUT2D eigenvalue weighted by Gasteiger charge is 2.50. The van der Waals surface area contributed by atoms with Gasteiger partial charge in [-0.15, -0.1) is 0 Å². The Labute approximate surface area is 102 Å². The number of carbonyl (C=O) groups is 1. The number of carboxylic acid groups (broad SMARTS) is 1. The number of nitrogens with two attached hydrogens (primary N) is 1. The summed E-state index contributed by atoms with van der Waals surface area (Å²) in [7, 11) is 0. The van der Waals surface area contributed by atoms with E-state index in [1.54, 1.807) is 0 Å². The highest BCUT2D eigenvalue weighted by molar-refractivity contribution is 5.83. The summed E-state index contributed by atoms with van der Waals surface area (Å²) in [5.41, 5.74) is 7.10. The van der Waals surface area contributed by atoms with Crippen LogP contribution in [0.4, 0.5) is 0 Å². The van der Waals surface area contributed by atoms with Gasteiger partial charge < -0.3 is 10.8 Å². The van der Waals surface area contributed by atoms with E-state index in [2.05, 4.69) is 13.8 Å². The Morgan fingerprint density at radius 1 is 1.47 bits per heavy atom. The van der Waals surface area contributed by atoms with Crippen LogP contribution >= 0.6 is 0 Å². The van der Waals surface area contributed by atoms with Crippen LogP contribution < -0.4 is 5.73 Å². The minimum atomic E-state index is -0.750. The van der Waals surface area contributed by atoms with Crippen molar-refractivity contribution in [3.63, 3.8) is 0 Å². The van der Waals surface area contributed by atoms with Crippen LogP contribution in [0.3, 0.4) is 0 Å². The van der Waals surface area contributed by atoms with E-state index in [1.165, 1.54) is 5.56 Å². The number of hydrogen-bond acceptors (Lipinski definition) is 2. The van der Waals surface area contributed by atoms with Crippen LogP contribution in [-0.4, -0.2) is 17.1 Å². The number of hydrogen-bond donors (Lipinski definition) is 2. The molecule has 1 aliphatic carbocycles. The monoisotopic (exact) mass is 233 g/mol. The molecule has 0 radical (unpaired) electrons. The van der Waals surface area contributed by atoms with Crippen LogP contribution in [0.15, 0.2) is 24.3 Å². The molecule has 0 atom stereocenters. The van der Waals surface area contributed by atoms with Crippen molar-refractivity contribution < 1.29 is 9.90 Å². The molecule has 3 nitrogen and oxygen atoms in total. The highest BCUT2D eigenvalue weighted by Crippen LogP contribution is 2.43. The van der Waals surface area contributed by atoms with E-state index in [1.807, 2.05) is 24.3 Å². The Morgan fingerprint density at radius 2 is 2.12 bits per heavy atom. The predicted octanol–water partition coefficient (Wildman–Crippen LogP) is 2.25. The van der Waals surface area contributed by atoms with Crippen molar-refractivity contribution in [2.24, 2.45) is 5.73 Å². The van der Waals surface area contributed by atoms with E-state index in [-0.39, 0.29) is 6.04 Å². The first-order valence-corrected chi connectivity index (χ1v) is 6.05. The van der Waals surface area contributed by atoms with Crippen molar-refractivity contribution in [2.75, 3.05) is 0 Å². The molecule has 0 aliphatic heterocycles. The van der Waals surface area contributed by atoms with Crippen molar-refractivity contribution in [2.45, 2.75) is 44.1 Å². The molecule has 2 rings (SSSR count). The van der Waals surface area contributed by atoms with Gasteiger partial charge in [0.2, 0.25) is 0 Å². The summed E-state index contributed by atoms with van der Waals surface area (Å²) in [5, 5.41) is 9.43. The Bertz CT molecular complexity index is 434. The fraction of sp³-hybridized carbons (Fsp3) is 0.500. The van der Waals surface area contributed by atoms with E-state index < -0.39 is 11.4 Å². The van der Waals surface area contributed by atoms with Crippen LogP contribution in [0.2, 0.25) is 0 Å². The lowest BCUT2D eigenvalue weighted by molar-refractivity contribution is -0.148. The first kappa shape index (κ1) is 12.1. The van der Waals surface area contributed by atoms with Crippen LogP contribution in [0.5, 0.6) is 0 Å². The Morgan fingerprint density at radius 3 is 2.59 bits per heavy atom. The van der Waals surface area contributed by atoms with E-state index in [9.17, 15) is 9.90 Å². The second kappa shape index (κ2) is 4.15. The third kappa shape index (κ3) is 1.95. The van der Waals surface area contributed by atoms with E-state index in [0.29, 0.717) is 18.8 Å². The smallest absolute Gasteiger partial charge is 0.314 e. The van der Waals surface area contributed by atoms with E-state index in [0.717, 1.165) is 5.56 Å². The maximum absolute atomic E-state index is 11.5. The minimum absolute atomic E-state index is 0.0220.